The average molecular weight is 449 g/mol. The fourth-order valence-electron chi connectivity index (χ4n) is 3.90. The first-order valence-corrected chi connectivity index (χ1v) is 11.1. The molecular formula is C23H24N6O2S. The first-order chi connectivity index (χ1) is 15.6. The van der Waals surface area contributed by atoms with E-state index in [1.54, 1.807) is 7.11 Å². The summed E-state index contributed by atoms with van der Waals surface area (Å²) in [6.45, 7) is 0.417. The zero-order chi connectivity index (χ0) is 22.1. The third-order valence-electron chi connectivity index (χ3n) is 5.94. The number of fused-ring (bicyclic) bond motifs is 1. The Morgan fingerprint density at radius 3 is 2.78 bits per heavy atom. The van der Waals surface area contributed by atoms with E-state index < -0.39 is 0 Å². The van der Waals surface area contributed by atoms with Crippen molar-refractivity contribution in [2.45, 2.75) is 38.1 Å². The van der Waals surface area contributed by atoms with Crippen LogP contribution in [0.25, 0.3) is 22.4 Å². The van der Waals surface area contributed by atoms with Gasteiger partial charge in [-0.15, -0.1) is 0 Å². The molecule has 32 heavy (non-hydrogen) atoms. The lowest BCUT2D eigenvalue weighted by molar-refractivity contribution is -0.116. The van der Waals surface area contributed by atoms with Crippen LogP contribution in [0, 0.1) is 4.77 Å². The van der Waals surface area contributed by atoms with Gasteiger partial charge in [0, 0.05) is 30.1 Å². The van der Waals surface area contributed by atoms with Crippen molar-refractivity contribution >= 4 is 34.8 Å². The van der Waals surface area contributed by atoms with Gasteiger partial charge in [-0.3, -0.25) is 14.5 Å². The van der Waals surface area contributed by atoms with Crippen LogP contribution in [0.5, 0.6) is 5.75 Å². The molecule has 0 saturated heterocycles. The summed E-state index contributed by atoms with van der Waals surface area (Å²) in [5, 5.41) is 10.1. The Hall–Kier alpha value is -3.46. The number of ether oxygens (including phenoxy) is 1. The van der Waals surface area contributed by atoms with Crippen LogP contribution >= 0.6 is 12.2 Å². The number of aromatic nitrogens is 5. The van der Waals surface area contributed by atoms with E-state index in [1.807, 2.05) is 47.0 Å². The van der Waals surface area contributed by atoms with E-state index in [4.69, 9.17) is 17.0 Å². The molecule has 0 unspecified atom stereocenters. The number of benzene rings is 2. The zero-order valence-corrected chi connectivity index (χ0v) is 18.5. The maximum absolute atomic E-state index is 12.6. The van der Waals surface area contributed by atoms with Gasteiger partial charge >= 0.3 is 0 Å². The van der Waals surface area contributed by atoms with Gasteiger partial charge in [0.15, 0.2) is 10.6 Å². The third kappa shape index (κ3) is 4.03. The Bertz CT molecular complexity index is 1320. The summed E-state index contributed by atoms with van der Waals surface area (Å²) in [6.07, 6.45) is 3.92. The summed E-state index contributed by atoms with van der Waals surface area (Å²) in [5.41, 5.74) is 3.52. The summed E-state index contributed by atoms with van der Waals surface area (Å²) in [6, 6.07) is 13.3. The van der Waals surface area contributed by atoms with Gasteiger partial charge in [0.2, 0.25) is 5.91 Å². The molecule has 0 radical (unpaired) electrons. The number of carbonyl (C=O) groups excluding carboxylic acids is 1. The molecule has 164 valence electrons. The van der Waals surface area contributed by atoms with Crippen LogP contribution in [0.15, 0.2) is 42.5 Å². The molecule has 1 saturated carbocycles. The van der Waals surface area contributed by atoms with E-state index in [9.17, 15) is 4.79 Å². The summed E-state index contributed by atoms with van der Waals surface area (Å²) < 4.78 is 7.52. The fraction of sp³-hybridized carbons (Fsp3) is 0.304. The number of aromatic amines is 2. The quantitative estimate of drug-likeness (QED) is 0.353. The molecule has 4 aromatic rings. The summed E-state index contributed by atoms with van der Waals surface area (Å²) in [5.74, 6) is 2.96. The normalized spacial score (nSPS) is 13.8. The molecule has 0 aliphatic heterocycles. The lowest BCUT2D eigenvalue weighted by Crippen LogP contribution is -2.15. The minimum absolute atomic E-state index is 0.0909. The van der Waals surface area contributed by atoms with Crippen LogP contribution in [0.2, 0.25) is 0 Å². The van der Waals surface area contributed by atoms with Gasteiger partial charge in [-0.05, 0) is 67.5 Å². The average Bonchev–Trinajstić information content (AvgIpc) is 3.33. The highest BCUT2D eigenvalue weighted by molar-refractivity contribution is 7.71. The molecule has 2 aromatic heterocycles. The lowest BCUT2D eigenvalue weighted by atomic mass is 9.85. The number of anilines is 1. The Labute approximate surface area is 190 Å². The van der Waals surface area contributed by atoms with Crippen molar-refractivity contribution in [3.63, 3.8) is 0 Å². The number of rotatable bonds is 7. The maximum atomic E-state index is 12.6. The van der Waals surface area contributed by atoms with Crippen molar-refractivity contribution < 1.29 is 9.53 Å². The monoisotopic (exact) mass is 448 g/mol. The molecule has 2 heterocycles. The number of methoxy groups -OCH3 is 1. The molecule has 1 fully saturated rings. The highest BCUT2D eigenvalue weighted by atomic mass is 32.1. The number of amides is 1. The van der Waals surface area contributed by atoms with E-state index in [0.29, 0.717) is 23.1 Å². The summed E-state index contributed by atoms with van der Waals surface area (Å²) in [4.78, 5) is 20.7. The first kappa shape index (κ1) is 20.4. The van der Waals surface area contributed by atoms with Crippen LogP contribution in [0.3, 0.4) is 0 Å². The molecule has 2 aromatic carbocycles. The zero-order valence-electron chi connectivity index (χ0n) is 17.7. The number of carbonyl (C=O) groups is 1. The van der Waals surface area contributed by atoms with Crippen molar-refractivity contribution in [3.8, 4) is 17.1 Å². The van der Waals surface area contributed by atoms with E-state index in [-0.39, 0.29) is 12.3 Å². The van der Waals surface area contributed by atoms with Gasteiger partial charge in [0.25, 0.3) is 0 Å². The molecule has 8 nitrogen and oxygen atoms in total. The lowest BCUT2D eigenvalue weighted by Gasteiger charge is -2.22. The molecule has 1 aliphatic rings. The number of nitrogens with one attached hydrogen (secondary N) is 3. The largest absolute Gasteiger partial charge is 0.497 e. The number of hydrogen-bond donors (Lipinski definition) is 3. The highest BCUT2D eigenvalue weighted by Crippen LogP contribution is 2.35. The van der Waals surface area contributed by atoms with Gasteiger partial charge in [-0.2, -0.15) is 5.10 Å². The highest BCUT2D eigenvalue weighted by Gasteiger charge is 2.22. The predicted molar refractivity (Wildman–Crippen MR) is 125 cm³/mol. The van der Waals surface area contributed by atoms with Crippen LogP contribution in [0.4, 0.5) is 5.69 Å². The molecule has 1 aliphatic carbocycles. The third-order valence-corrected chi connectivity index (χ3v) is 6.26. The molecule has 9 heteroatoms. The Morgan fingerprint density at radius 1 is 1.25 bits per heavy atom. The Balaban J connectivity index is 1.26. The Morgan fingerprint density at radius 2 is 2.06 bits per heavy atom. The van der Waals surface area contributed by atoms with Crippen molar-refractivity contribution in [2.75, 3.05) is 12.4 Å². The van der Waals surface area contributed by atoms with E-state index in [2.05, 4.69) is 25.5 Å². The van der Waals surface area contributed by atoms with E-state index in [0.717, 1.165) is 33.9 Å². The predicted octanol–water partition coefficient (Wildman–Crippen LogP) is 4.79. The number of H-pyrrole nitrogens is 2. The van der Waals surface area contributed by atoms with Gasteiger partial charge in [-0.1, -0.05) is 6.42 Å². The van der Waals surface area contributed by atoms with Crippen LogP contribution in [0.1, 0.15) is 37.4 Å². The minimum Gasteiger partial charge on any atom is -0.497 e. The van der Waals surface area contributed by atoms with Crippen molar-refractivity contribution in [1.29, 1.82) is 0 Å². The van der Waals surface area contributed by atoms with E-state index in [1.165, 1.54) is 19.3 Å². The molecule has 5 rings (SSSR count). The van der Waals surface area contributed by atoms with Gasteiger partial charge in [0.1, 0.15) is 11.6 Å². The van der Waals surface area contributed by atoms with Gasteiger partial charge in [0.05, 0.1) is 18.1 Å². The molecule has 0 atom stereocenters. The standard InChI is InChI=1S/C23H24N6O2S/c1-31-17-8-5-15(6-9-17)22-27-28-23(32)29(22)12-11-20(30)24-16-7-10-18-19(13-16)26-21(25-18)14-3-2-4-14/h5-10,13-14H,2-4,11-12H2,1H3,(H,24,30)(H,25,26)(H,28,32). The van der Waals surface area contributed by atoms with Crippen LogP contribution in [-0.4, -0.2) is 37.7 Å². The topological polar surface area (TPSA) is 101 Å². The first-order valence-electron chi connectivity index (χ1n) is 10.7. The smallest absolute Gasteiger partial charge is 0.226 e. The van der Waals surface area contributed by atoms with Crippen LogP contribution in [-0.2, 0) is 11.3 Å². The number of nitrogens with zero attached hydrogens (tertiary/aromatic N) is 3. The molecule has 0 spiro atoms. The second-order valence-corrected chi connectivity index (χ2v) is 8.40. The van der Waals surface area contributed by atoms with Crippen LogP contribution < -0.4 is 10.1 Å². The SMILES string of the molecule is COc1ccc(-c2n[nH]c(=S)n2CCC(=O)Nc2ccc3nc(C4CCC4)[nH]c3c2)cc1. The number of imidazole rings is 1. The van der Waals surface area contributed by atoms with Crippen molar-refractivity contribution in [2.24, 2.45) is 0 Å². The van der Waals surface area contributed by atoms with E-state index >= 15 is 0 Å². The minimum atomic E-state index is -0.0909. The molecule has 0 bridgehead atoms. The van der Waals surface area contributed by atoms with Crippen molar-refractivity contribution in [3.05, 3.63) is 53.1 Å². The maximum Gasteiger partial charge on any atom is 0.226 e. The Kier molecular flexibility index (Phi) is 5.48. The summed E-state index contributed by atoms with van der Waals surface area (Å²) in [7, 11) is 1.63. The molecule has 1 amide bonds. The van der Waals surface area contributed by atoms with Crippen molar-refractivity contribution in [1.82, 2.24) is 24.7 Å². The molecular weight excluding hydrogens is 424 g/mol. The second kappa shape index (κ2) is 8.58. The molecule has 3 N–H and O–H groups in total. The van der Waals surface area contributed by atoms with Gasteiger partial charge in [-0.25, -0.2) is 4.98 Å². The summed E-state index contributed by atoms with van der Waals surface area (Å²) >= 11 is 5.37. The second-order valence-electron chi connectivity index (χ2n) is 8.01. The fourth-order valence-corrected chi connectivity index (χ4v) is 4.13. The van der Waals surface area contributed by atoms with Gasteiger partial charge < -0.3 is 15.0 Å². The number of hydrogen-bond acceptors (Lipinski definition) is 5.